The second-order valence-corrected chi connectivity index (χ2v) is 4.01. The van der Waals surface area contributed by atoms with Gasteiger partial charge in [0.05, 0.1) is 0 Å². The molecule has 0 aliphatic rings. The Morgan fingerprint density at radius 2 is 2.07 bits per heavy atom. The van der Waals surface area contributed by atoms with Crippen molar-refractivity contribution in [3.8, 4) is 0 Å². The highest BCUT2D eigenvalue weighted by atomic mass is 35.5. The quantitative estimate of drug-likeness (QED) is 0.895. The average molecular weight is 249 g/mol. The molecule has 1 unspecified atom stereocenters. The van der Waals surface area contributed by atoms with Crippen molar-refractivity contribution >= 4 is 29.2 Å². The number of carboxylic acids is 1. The van der Waals surface area contributed by atoms with E-state index in [-0.39, 0.29) is 5.02 Å². The zero-order valence-electron chi connectivity index (χ0n) is 8.25. The molecular weight excluding hydrogens is 239 g/mol. The Morgan fingerprint density at radius 3 is 2.47 bits per heavy atom. The Bertz CT molecular complexity index is 392. The largest absolute Gasteiger partial charge is 0.479 e. The standard InChI is InChI=1S/C10H10Cl2O3/c1-10(15-2,9(13)14)7-4-3-6(11)5-8(7)12/h3-5H,1-2H3,(H,13,14). The van der Waals surface area contributed by atoms with E-state index >= 15 is 0 Å². The molecular formula is C10H10Cl2O3. The molecule has 0 radical (unpaired) electrons. The third-order valence-electron chi connectivity index (χ3n) is 2.26. The number of aliphatic carboxylic acids is 1. The fourth-order valence-corrected chi connectivity index (χ4v) is 1.78. The van der Waals surface area contributed by atoms with Gasteiger partial charge in [0.1, 0.15) is 0 Å². The summed E-state index contributed by atoms with van der Waals surface area (Å²) in [4.78, 5) is 11.1. The normalized spacial score (nSPS) is 14.7. The second-order valence-electron chi connectivity index (χ2n) is 3.17. The fraction of sp³-hybridized carbons (Fsp3) is 0.300. The maximum absolute atomic E-state index is 11.1. The number of ether oxygens (including phenoxy) is 1. The first-order chi connectivity index (χ1) is 6.91. The molecule has 0 spiro atoms. The van der Waals surface area contributed by atoms with Gasteiger partial charge in [0.15, 0.2) is 5.60 Å². The van der Waals surface area contributed by atoms with E-state index in [0.717, 1.165) is 0 Å². The number of hydrogen-bond acceptors (Lipinski definition) is 2. The Morgan fingerprint density at radius 1 is 1.47 bits per heavy atom. The van der Waals surface area contributed by atoms with Gasteiger partial charge in [0.2, 0.25) is 0 Å². The van der Waals surface area contributed by atoms with E-state index in [9.17, 15) is 4.79 Å². The number of methoxy groups -OCH3 is 1. The molecule has 1 rings (SSSR count). The summed E-state index contributed by atoms with van der Waals surface area (Å²) < 4.78 is 4.98. The van der Waals surface area contributed by atoms with Crippen molar-refractivity contribution in [2.24, 2.45) is 0 Å². The molecule has 3 nitrogen and oxygen atoms in total. The summed E-state index contributed by atoms with van der Waals surface area (Å²) in [5.74, 6) is -1.10. The molecule has 0 amide bonds. The van der Waals surface area contributed by atoms with E-state index in [1.807, 2.05) is 0 Å². The first-order valence-corrected chi connectivity index (χ1v) is 4.91. The lowest BCUT2D eigenvalue weighted by Crippen LogP contribution is -2.34. The molecule has 0 saturated carbocycles. The van der Waals surface area contributed by atoms with Gasteiger partial charge in [-0.15, -0.1) is 0 Å². The topological polar surface area (TPSA) is 46.5 Å². The van der Waals surface area contributed by atoms with Crippen LogP contribution >= 0.6 is 23.2 Å². The van der Waals surface area contributed by atoms with Crippen LogP contribution in [0, 0.1) is 0 Å². The molecule has 15 heavy (non-hydrogen) atoms. The number of carbonyl (C=O) groups is 1. The smallest absolute Gasteiger partial charge is 0.340 e. The monoisotopic (exact) mass is 248 g/mol. The third-order valence-corrected chi connectivity index (χ3v) is 2.81. The summed E-state index contributed by atoms with van der Waals surface area (Å²) in [5.41, 5.74) is -1.08. The summed E-state index contributed by atoms with van der Waals surface area (Å²) in [5, 5.41) is 9.79. The third kappa shape index (κ3) is 2.25. The number of hydrogen-bond donors (Lipinski definition) is 1. The number of rotatable bonds is 3. The van der Waals surface area contributed by atoms with Crippen LogP contribution in [0.5, 0.6) is 0 Å². The lowest BCUT2D eigenvalue weighted by Gasteiger charge is -2.24. The van der Waals surface area contributed by atoms with Crippen LogP contribution in [0.4, 0.5) is 0 Å². The van der Waals surface area contributed by atoms with Gasteiger partial charge in [-0.25, -0.2) is 4.79 Å². The van der Waals surface area contributed by atoms with Crippen LogP contribution in [0.25, 0.3) is 0 Å². The lowest BCUT2D eigenvalue weighted by molar-refractivity contribution is -0.161. The summed E-state index contributed by atoms with van der Waals surface area (Å²) in [6.45, 7) is 1.43. The highest BCUT2D eigenvalue weighted by Crippen LogP contribution is 2.32. The second kappa shape index (κ2) is 4.39. The van der Waals surface area contributed by atoms with E-state index in [1.54, 1.807) is 12.1 Å². The summed E-state index contributed by atoms with van der Waals surface area (Å²) >= 11 is 11.6. The van der Waals surface area contributed by atoms with E-state index in [4.69, 9.17) is 33.0 Å². The van der Waals surface area contributed by atoms with E-state index in [0.29, 0.717) is 10.6 Å². The van der Waals surface area contributed by atoms with Crippen LogP contribution in [0.3, 0.4) is 0 Å². The predicted molar refractivity (Wildman–Crippen MR) is 58.5 cm³/mol. The predicted octanol–water partition coefficient (Wildman–Crippen LogP) is 2.94. The molecule has 0 heterocycles. The molecule has 0 aromatic heterocycles. The van der Waals surface area contributed by atoms with E-state index < -0.39 is 11.6 Å². The molecule has 1 aromatic carbocycles. The number of benzene rings is 1. The first kappa shape index (κ1) is 12.3. The Kier molecular flexibility index (Phi) is 3.60. The molecule has 0 aliphatic heterocycles. The van der Waals surface area contributed by atoms with E-state index in [2.05, 4.69) is 0 Å². The van der Waals surface area contributed by atoms with Crippen molar-refractivity contribution < 1.29 is 14.6 Å². The van der Waals surface area contributed by atoms with Crippen LogP contribution < -0.4 is 0 Å². The summed E-state index contributed by atoms with van der Waals surface area (Å²) in [7, 11) is 1.32. The minimum absolute atomic E-state index is 0.272. The minimum atomic E-state index is -1.46. The van der Waals surface area contributed by atoms with Gasteiger partial charge >= 0.3 is 5.97 Å². The van der Waals surface area contributed by atoms with Gasteiger partial charge in [-0.05, 0) is 19.1 Å². The van der Waals surface area contributed by atoms with Crippen LogP contribution in [-0.2, 0) is 15.1 Å². The zero-order chi connectivity index (χ0) is 11.6. The molecule has 0 aliphatic carbocycles. The average Bonchev–Trinajstić information content (AvgIpc) is 2.16. The van der Waals surface area contributed by atoms with Crippen LogP contribution in [0.1, 0.15) is 12.5 Å². The van der Waals surface area contributed by atoms with Crippen LogP contribution in [0.15, 0.2) is 18.2 Å². The lowest BCUT2D eigenvalue weighted by atomic mass is 9.96. The van der Waals surface area contributed by atoms with Gasteiger partial charge in [-0.2, -0.15) is 0 Å². The molecule has 1 atom stereocenters. The van der Waals surface area contributed by atoms with E-state index in [1.165, 1.54) is 20.1 Å². The maximum Gasteiger partial charge on any atom is 0.340 e. The van der Waals surface area contributed by atoms with Crippen molar-refractivity contribution in [2.45, 2.75) is 12.5 Å². The molecule has 1 N–H and O–H groups in total. The SMILES string of the molecule is COC(C)(C(=O)O)c1ccc(Cl)cc1Cl. The molecule has 5 heteroatoms. The van der Waals surface area contributed by atoms with Gasteiger partial charge < -0.3 is 9.84 Å². The highest BCUT2D eigenvalue weighted by Gasteiger charge is 2.36. The highest BCUT2D eigenvalue weighted by molar-refractivity contribution is 6.35. The minimum Gasteiger partial charge on any atom is -0.479 e. The van der Waals surface area contributed by atoms with Crippen LogP contribution in [-0.4, -0.2) is 18.2 Å². The van der Waals surface area contributed by atoms with Gasteiger partial charge in [0, 0.05) is 22.7 Å². The maximum atomic E-state index is 11.1. The van der Waals surface area contributed by atoms with Crippen molar-refractivity contribution in [3.05, 3.63) is 33.8 Å². The van der Waals surface area contributed by atoms with Gasteiger partial charge in [-0.3, -0.25) is 0 Å². The Hall–Kier alpha value is -0.770. The molecule has 0 fully saturated rings. The molecule has 0 saturated heterocycles. The molecule has 82 valence electrons. The number of halogens is 2. The molecule has 1 aromatic rings. The van der Waals surface area contributed by atoms with Crippen molar-refractivity contribution in [3.63, 3.8) is 0 Å². The summed E-state index contributed by atoms with van der Waals surface area (Å²) in [6.07, 6.45) is 0. The number of carboxylic acid groups (broad SMARTS) is 1. The Labute approximate surface area is 97.6 Å². The Balaban J connectivity index is 3.30. The first-order valence-electron chi connectivity index (χ1n) is 4.16. The van der Waals surface area contributed by atoms with Gasteiger partial charge in [0.25, 0.3) is 0 Å². The summed E-state index contributed by atoms with van der Waals surface area (Å²) in [6, 6.07) is 4.60. The van der Waals surface area contributed by atoms with Crippen molar-refractivity contribution in [1.29, 1.82) is 0 Å². The van der Waals surface area contributed by atoms with Crippen molar-refractivity contribution in [2.75, 3.05) is 7.11 Å². The fourth-order valence-electron chi connectivity index (χ4n) is 1.19. The van der Waals surface area contributed by atoms with Gasteiger partial charge in [-0.1, -0.05) is 29.3 Å². The van der Waals surface area contributed by atoms with Crippen LogP contribution in [0.2, 0.25) is 10.0 Å². The molecule has 0 bridgehead atoms. The van der Waals surface area contributed by atoms with Crippen molar-refractivity contribution in [1.82, 2.24) is 0 Å². The zero-order valence-corrected chi connectivity index (χ0v) is 9.76.